The summed E-state index contributed by atoms with van der Waals surface area (Å²) in [6.45, 7) is 4.71. The van der Waals surface area contributed by atoms with Gasteiger partial charge in [0.2, 0.25) is 5.82 Å². The first-order chi connectivity index (χ1) is 10.4. The molecule has 9 heteroatoms. The Balaban J connectivity index is 3.35. The van der Waals surface area contributed by atoms with Crippen LogP contribution in [-0.2, 0) is 14.3 Å². The molecule has 0 aliphatic carbocycles. The lowest BCUT2D eigenvalue weighted by atomic mass is 9.91. The van der Waals surface area contributed by atoms with Gasteiger partial charge in [-0.15, -0.1) is 0 Å². The number of aliphatic carboxylic acids is 1. The molecule has 0 aromatic heterocycles. The number of benzene rings is 1. The number of rotatable bonds is 5. The summed E-state index contributed by atoms with van der Waals surface area (Å²) in [4.78, 5) is 33.2. The van der Waals surface area contributed by atoms with E-state index in [0.29, 0.717) is 0 Å². The van der Waals surface area contributed by atoms with Gasteiger partial charge in [-0.1, -0.05) is 6.07 Å². The molecule has 2 atom stereocenters. The standard InChI is InChI=1S/C14H17FN2O6/c1-14(2,3)23-13(20)10(11(16)12(18)19)7-4-5-8(15)9(6-7)17(21)22/h4-6,10-11H,16H2,1-3H3,(H,18,19). The van der Waals surface area contributed by atoms with Gasteiger partial charge in [-0.2, -0.15) is 4.39 Å². The van der Waals surface area contributed by atoms with Crippen LogP contribution < -0.4 is 5.73 Å². The zero-order valence-corrected chi connectivity index (χ0v) is 12.8. The number of esters is 1. The molecule has 126 valence electrons. The van der Waals surface area contributed by atoms with E-state index >= 15 is 0 Å². The molecule has 0 aliphatic heterocycles. The van der Waals surface area contributed by atoms with E-state index in [1.54, 1.807) is 20.8 Å². The summed E-state index contributed by atoms with van der Waals surface area (Å²) < 4.78 is 18.5. The number of nitrogens with zero attached hydrogens (tertiary/aromatic N) is 1. The van der Waals surface area contributed by atoms with Crippen molar-refractivity contribution in [3.8, 4) is 0 Å². The Morgan fingerprint density at radius 3 is 2.39 bits per heavy atom. The van der Waals surface area contributed by atoms with Crippen LogP contribution in [0.2, 0.25) is 0 Å². The number of nitro groups is 1. The highest BCUT2D eigenvalue weighted by Gasteiger charge is 2.36. The van der Waals surface area contributed by atoms with E-state index in [1.807, 2.05) is 0 Å². The second-order valence-corrected chi connectivity index (χ2v) is 5.84. The van der Waals surface area contributed by atoms with Gasteiger partial charge in [-0.05, 0) is 32.4 Å². The smallest absolute Gasteiger partial charge is 0.321 e. The molecule has 1 aromatic rings. The highest BCUT2D eigenvalue weighted by molar-refractivity contribution is 5.88. The van der Waals surface area contributed by atoms with E-state index in [1.165, 1.54) is 0 Å². The van der Waals surface area contributed by atoms with Crippen LogP contribution in [0.1, 0.15) is 32.3 Å². The van der Waals surface area contributed by atoms with Gasteiger partial charge < -0.3 is 15.6 Å². The minimum absolute atomic E-state index is 0.109. The van der Waals surface area contributed by atoms with Gasteiger partial charge in [-0.25, -0.2) is 0 Å². The minimum atomic E-state index is -1.70. The predicted molar refractivity (Wildman–Crippen MR) is 77.3 cm³/mol. The molecule has 2 unspecified atom stereocenters. The zero-order chi connectivity index (χ0) is 17.9. The Kier molecular flexibility index (Phi) is 5.38. The highest BCUT2D eigenvalue weighted by Crippen LogP contribution is 2.28. The van der Waals surface area contributed by atoms with Crippen molar-refractivity contribution in [2.45, 2.75) is 38.3 Å². The summed E-state index contributed by atoms with van der Waals surface area (Å²) in [6, 6.07) is 0.932. The Bertz CT molecular complexity index is 641. The van der Waals surface area contributed by atoms with Crippen LogP contribution in [0, 0.1) is 15.9 Å². The van der Waals surface area contributed by atoms with Crippen LogP contribution in [0.15, 0.2) is 18.2 Å². The van der Waals surface area contributed by atoms with Crippen LogP contribution in [-0.4, -0.2) is 33.6 Å². The molecule has 3 N–H and O–H groups in total. The van der Waals surface area contributed by atoms with Gasteiger partial charge in [0.1, 0.15) is 17.6 Å². The van der Waals surface area contributed by atoms with Crippen LogP contribution in [0.4, 0.5) is 10.1 Å². The van der Waals surface area contributed by atoms with Gasteiger partial charge >= 0.3 is 17.6 Å². The van der Waals surface area contributed by atoms with E-state index in [0.717, 1.165) is 18.2 Å². The second-order valence-electron chi connectivity index (χ2n) is 5.84. The molecule has 0 radical (unpaired) electrons. The third-order valence-electron chi connectivity index (χ3n) is 2.83. The maximum atomic E-state index is 13.4. The molecule has 1 aromatic carbocycles. The van der Waals surface area contributed by atoms with E-state index in [-0.39, 0.29) is 5.56 Å². The van der Waals surface area contributed by atoms with E-state index in [2.05, 4.69) is 0 Å². The molecule has 0 amide bonds. The van der Waals surface area contributed by atoms with Crippen molar-refractivity contribution in [2.24, 2.45) is 5.73 Å². The highest BCUT2D eigenvalue weighted by atomic mass is 19.1. The molecule has 0 saturated carbocycles. The minimum Gasteiger partial charge on any atom is -0.480 e. The van der Waals surface area contributed by atoms with Crippen LogP contribution >= 0.6 is 0 Å². The molecule has 23 heavy (non-hydrogen) atoms. The lowest BCUT2D eigenvalue weighted by molar-refractivity contribution is -0.387. The Labute approximate surface area is 131 Å². The van der Waals surface area contributed by atoms with Crippen molar-refractivity contribution in [2.75, 3.05) is 0 Å². The predicted octanol–water partition coefficient (Wildman–Crippen LogP) is 1.57. The molecule has 1 rings (SSSR count). The van der Waals surface area contributed by atoms with Crippen molar-refractivity contribution in [1.29, 1.82) is 0 Å². The monoisotopic (exact) mass is 328 g/mol. The third-order valence-corrected chi connectivity index (χ3v) is 2.83. The summed E-state index contributed by atoms with van der Waals surface area (Å²) in [5, 5.41) is 19.9. The summed E-state index contributed by atoms with van der Waals surface area (Å²) in [5.74, 6) is -5.07. The molecule has 0 fully saturated rings. The van der Waals surface area contributed by atoms with E-state index in [4.69, 9.17) is 15.6 Å². The summed E-state index contributed by atoms with van der Waals surface area (Å²) >= 11 is 0. The number of ether oxygens (including phenoxy) is 1. The molecule has 0 saturated heterocycles. The van der Waals surface area contributed by atoms with Gasteiger partial charge in [0.25, 0.3) is 0 Å². The maximum absolute atomic E-state index is 13.4. The number of halogens is 1. The van der Waals surface area contributed by atoms with Gasteiger partial charge in [-0.3, -0.25) is 19.7 Å². The summed E-state index contributed by atoms with van der Waals surface area (Å²) in [6.07, 6.45) is 0. The van der Waals surface area contributed by atoms with Crippen LogP contribution in [0.25, 0.3) is 0 Å². The second kappa shape index (κ2) is 6.69. The third kappa shape index (κ3) is 4.71. The summed E-state index contributed by atoms with van der Waals surface area (Å²) in [7, 11) is 0. The number of hydrogen-bond acceptors (Lipinski definition) is 6. The first-order valence-corrected chi connectivity index (χ1v) is 6.59. The quantitative estimate of drug-likeness (QED) is 0.476. The molecule has 0 bridgehead atoms. The van der Waals surface area contributed by atoms with Gasteiger partial charge in [0.15, 0.2) is 0 Å². The number of nitro benzene ring substituents is 1. The molecule has 0 aliphatic rings. The average Bonchev–Trinajstić information content (AvgIpc) is 2.38. The lowest BCUT2D eigenvalue weighted by Crippen LogP contribution is -2.42. The number of carboxylic acid groups (broad SMARTS) is 1. The Morgan fingerprint density at radius 1 is 1.39 bits per heavy atom. The molecule has 8 nitrogen and oxygen atoms in total. The van der Waals surface area contributed by atoms with Crippen LogP contribution in [0.5, 0.6) is 0 Å². The zero-order valence-electron chi connectivity index (χ0n) is 12.8. The van der Waals surface area contributed by atoms with Crippen LogP contribution in [0.3, 0.4) is 0 Å². The van der Waals surface area contributed by atoms with Gasteiger partial charge in [0.05, 0.1) is 4.92 Å². The normalized spacial score (nSPS) is 14.0. The van der Waals surface area contributed by atoms with Crippen molar-refractivity contribution in [3.63, 3.8) is 0 Å². The largest absolute Gasteiger partial charge is 0.480 e. The number of hydrogen-bond donors (Lipinski definition) is 2. The first-order valence-electron chi connectivity index (χ1n) is 6.59. The number of carbonyl (C=O) groups is 2. The van der Waals surface area contributed by atoms with Crippen molar-refractivity contribution < 1.29 is 28.7 Å². The Morgan fingerprint density at radius 2 is 1.96 bits per heavy atom. The SMILES string of the molecule is CC(C)(C)OC(=O)C(c1ccc(F)c([N+](=O)[O-])c1)C(N)C(=O)O. The first kappa shape index (κ1) is 18.5. The average molecular weight is 328 g/mol. The van der Waals surface area contributed by atoms with Gasteiger partial charge in [0, 0.05) is 6.07 Å². The maximum Gasteiger partial charge on any atom is 0.321 e. The number of nitrogens with two attached hydrogens (primary N) is 1. The fourth-order valence-corrected chi connectivity index (χ4v) is 1.86. The molecular formula is C14H17FN2O6. The number of carbonyl (C=O) groups excluding carboxylic acids is 1. The van der Waals surface area contributed by atoms with Crippen molar-refractivity contribution in [1.82, 2.24) is 0 Å². The molecule has 0 heterocycles. The Hall–Kier alpha value is -2.55. The van der Waals surface area contributed by atoms with E-state index < -0.39 is 45.9 Å². The molecular weight excluding hydrogens is 311 g/mol. The number of carboxylic acids is 1. The molecule has 0 spiro atoms. The fourth-order valence-electron chi connectivity index (χ4n) is 1.86. The topological polar surface area (TPSA) is 133 Å². The van der Waals surface area contributed by atoms with E-state index in [9.17, 15) is 24.1 Å². The van der Waals surface area contributed by atoms with Crippen molar-refractivity contribution >= 4 is 17.6 Å². The van der Waals surface area contributed by atoms with Crippen molar-refractivity contribution in [3.05, 3.63) is 39.7 Å². The fraction of sp³-hybridized carbons (Fsp3) is 0.429. The summed E-state index contributed by atoms with van der Waals surface area (Å²) in [5.41, 5.74) is 3.61. The lowest BCUT2D eigenvalue weighted by Gasteiger charge is -2.26.